The van der Waals surface area contributed by atoms with E-state index < -0.39 is 0 Å². The summed E-state index contributed by atoms with van der Waals surface area (Å²) in [6, 6.07) is 18.0. The molecule has 1 aliphatic heterocycles. The molecule has 0 bridgehead atoms. The van der Waals surface area contributed by atoms with Gasteiger partial charge in [-0.1, -0.05) is 24.3 Å². The molecule has 2 aromatic rings. The lowest BCUT2D eigenvalue weighted by Crippen LogP contribution is -2.51. The fraction of sp³-hybridized carbons (Fsp3) is 0.400. The summed E-state index contributed by atoms with van der Waals surface area (Å²) in [6.07, 6.45) is 2.88. The van der Waals surface area contributed by atoms with Crippen LogP contribution in [-0.2, 0) is 6.42 Å². The average Bonchev–Trinajstić information content (AvgIpc) is 2.84. The number of rotatable bonds is 7. The number of nitriles is 1. The second-order valence-electron chi connectivity index (χ2n) is 7.85. The molecule has 1 saturated heterocycles. The van der Waals surface area contributed by atoms with Crippen LogP contribution in [0.15, 0.2) is 53.5 Å². The van der Waals surface area contributed by atoms with Crippen LogP contribution >= 0.6 is 24.0 Å². The molecule has 0 aromatic heterocycles. The maximum atomic E-state index is 11.8. The van der Waals surface area contributed by atoms with Crippen LogP contribution in [0.2, 0.25) is 0 Å². The minimum absolute atomic E-state index is 0. The first-order valence-corrected chi connectivity index (χ1v) is 11.2. The van der Waals surface area contributed by atoms with E-state index in [2.05, 4.69) is 33.8 Å². The van der Waals surface area contributed by atoms with Gasteiger partial charge in [0.05, 0.1) is 11.3 Å². The summed E-state index contributed by atoms with van der Waals surface area (Å²) < 4.78 is 0. The number of anilines is 1. The Balaban J connectivity index is 0.00000385. The number of hydrogen-bond acceptors (Lipinski definition) is 4. The predicted octanol–water partition coefficient (Wildman–Crippen LogP) is 3.30. The Bertz CT molecular complexity index is 987. The van der Waals surface area contributed by atoms with Crippen molar-refractivity contribution in [3.05, 3.63) is 65.2 Å². The number of guanidine groups is 1. The summed E-state index contributed by atoms with van der Waals surface area (Å²) in [7, 11) is 1.64. The topological polar surface area (TPSA) is 92.5 Å². The number of carbonyl (C=O) groups is 1. The molecule has 8 heteroatoms. The summed E-state index contributed by atoms with van der Waals surface area (Å²) in [5.74, 6) is 0.723. The Hall–Kier alpha value is -2.80. The molecule has 33 heavy (non-hydrogen) atoms. The van der Waals surface area contributed by atoms with Crippen LogP contribution in [0.4, 0.5) is 5.69 Å². The summed E-state index contributed by atoms with van der Waals surface area (Å²) in [6.45, 7) is 5.25. The van der Waals surface area contributed by atoms with E-state index in [0.717, 1.165) is 56.1 Å². The Morgan fingerprint density at radius 3 is 2.82 bits per heavy atom. The summed E-state index contributed by atoms with van der Waals surface area (Å²) in [5.41, 5.74) is 3.47. The van der Waals surface area contributed by atoms with Crippen molar-refractivity contribution in [3.63, 3.8) is 0 Å². The average molecular weight is 560 g/mol. The molecule has 2 aromatic carbocycles. The third kappa shape index (κ3) is 7.63. The van der Waals surface area contributed by atoms with Gasteiger partial charge in [0, 0.05) is 44.8 Å². The molecule has 1 aliphatic rings. The fourth-order valence-corrected chi connectivity index (χ4v) is 3.98. The van der Waals surface area contributed by atoms with Crippen molar-refractivity contribution in [2.75, 3.05) is 38.1 Å². The van der Waals surface area contributed by atoms with Gasteiger partial charge in [-0.05, 0) is 56.0 Å². The number of nitrogens with zero attached hydrogens (tertiary/aromatic N) is 3. The summed E-state index contributed by atoms with van der Waals surface area (Å²) in [5, 5.41) is 19.0. The lowest BCUT2D eigenvalue weighted by atomic mass is 10.0. The maximum Gasteiger partial charge on any atom is 0.251 e. The van der Waals surface area contributed by atoms with Gasteiger partial charge in [-0.25, -0.2) is 0 Å². The molecule has 3 rings (SSSR count). The first kappa shape index (κ1) is 26.5. The molecular weight excluding hydrogens is 527 g/mol. The van der Waals surface area contributed by atoms with Gasteiger partial charge in [-0.15, -0.1) is 24.0 Å². The Morgan fingerprint density at radius 2 is 2.06 bits per heavy atom. The van der Waals surface area contributed by atoms with Gasteiger partial charge in [0.25, 0.3) is 5.91 Å². The van der Waals surface area contributed by atoms with E-state index in [1.165, 1.54) is 0 Å². The quantitative estimate of drug-likeness (QED) is 0.275. The lowest BCUT2D eigenvalue weighted by Gasteiger charge is -2.35. The first-order valence-electron chi connectivity index (χ1n) is 11.2. The minimum Gasteiger partial charge on any atom is -0.368 e. The number of aliphatic imine (C=N–C) groups is 1. The SMILES string of the molecule is CCNC(=NCCc1cccc(C(=O)NC)c1)NC1CCCN(c2ccccc2C#N)C1.I. The maximum absolute atomic E-state index is 11.8. The molecular formula is C25H33IN6O. The van der Waals surface area contributed by atoms with E-state index in [9.17, 15) is 10.1 Å². The van der Waals surface area contributed by atoms with Gasteiger partial charge in [-0.2, -0.15) is 5.26 Å². The van der Waals surface area contributed by atoms with Gasteiger partial charge in [-0.3, -0.25) is 9.79 Å². The van der Waals surface area contributed by atoms with E-state index in [1.54, 1.807) is 7.05 Å². The van der Waals surface area contributed by atoms with Gasteiger partial charge in [0.2, 0.25) is 0 Å². The number of nitrogens with one attached hydrogen (secondary N) is 3. The van der Waals surface area contributed by atoms with Crippen LogP contribution < -0.4 is 20.9 Å². The lowest BCUT2D eigenvalue weighted by molar-refractivity contribution is 0.0963. The van der Waals surface area contributed by atoms with Crippen molar-refractivity contribution in [1.29, 1.82) is 5.26 Å². The third-order valence-electron chi connectivity index (χ3n) is 5.56. The van der Waals surface area contributed by atoms with Crippen molar-refractivity contribution in [3.8, 4) is 6.07 Å². The molecule has 1 heterocycles. The normalized spacial score (nSPS) is 15.7. The van der Waals surface area contributed by atoms with Crippen molar-refractivity contribution >= 4 is 41.5 Å². The van der Waals surface area contributed by atoms with Crippen molar-refractivity contribution in [2.45, 2.75) is 32.2 Å². The molecule has 0 spiro atoms. The number of hydrogen-bond donors (Lipinski definition) is 3. The van der Waals surface area contributed by atoms with E-state index in [1.807, 2.05) is 48.5 Å². The molecule has 0 radical (unpaired) electrons. The highest BCUT2D eigenvalue weighted by Gasteiger charge is 2.22. The molecule has 7 nitrogen and oxygen atoms in total. The number of benzene rings is 2. The molecule has 1 unspecified atom stereocenters. The van der Waals surface area contributed by atoms with Crippen molar-refractivity contribution < 1.29 is 4.79 Å². The second kappa shape index (κ2) is 13.7. The first-order chi connectivity index (χ1) is 15.6. The van der Waals surface area contributed by atoms with Gasteiger partial charge < -0.3 is 20.9 Å². The zero-order chi connectivity index (χ0) is 22.8. The summed E-state index contributed by atoms with van der Waals surface area (Å²) in [4.78, 5) is 18.9. The molecule has 1 fully saturated rings. The van der Waals surface area contributed by atoms with Gasteiger partial charge >= 0.3 is 0 Å². The van der Waals surface area contributed by atoms with Crippen molar-refractivity contribution in [1.82, 2.24) is 16.0 Å². The molecule has 1 amide bonds. The Kier molecular flexibility index (Phi) is 11.0. The van der Waals surface area contributed by atoms with Crippen molar-refractivity contribution in [2.24, 2.45) is 4.99 Å². The number of halogens is 1. The monoisotopic (exact) mass is 560 g/mol. The van der Waals surface area contributed by atoms with Gasteiger partial charge in [0.1, 0.15) is 6.07 Å². The third-order valence-corrected chi connectivity index (χ3v) is 5.56. The second-order valence-corrected chi connectivity index (χ2v) is 7.85. The summed E-state index contributed by atoms with van der Waals surface area (Å²) >= 11 is 0. The number of amides is 1. The zero-order valence-electron chi connectivity index (χ0n) is 19.3. The standard InChI is InChI=1S/C25H32N6O.HI/c1-3-28-25(29-14-13-19-8-6-10-20(16-19)24(32)27-2)30-22-11-7-15-31(18-22)23-12-5-4-9-21(23)17-26;/h4-6,8-10,12,16,22H,3,7,11,13-15,18H2,1-2H3,(H,27,32)(H2,28,29,30);1H. The zero-order valence-corrected chi connectivity index (χ0v) is 21.6. The van der Waals surface area contributed by atoms with E-state index in [0.29, 0.717) is 17.7 Å². The smallest absolute Gasteiger partial charge is 0.251 e. The largest absolute Gasteiger partial charge is 0.368 e. The van der Waals surface area contributed by atoms with Crippen LogP contribution in [0.5, 0.6) is 0 Å². The highest BCUT2D eigenvalue weighted by atomic mass is 127. The molecule has 176 valence electrons. The van der Waals surface area contributed by atoms with E-state index >= 15 is 0 Å². The molecule has 0 saturated carbocycles. The van der Waals surface area contributed by atoms with Crippen LogP contribution in [-0.4, -0.2) is 51.1 Å². The Morgan fingerprint density at radius 1 is 1.24 bits per heavy atom. The van der Waals surface area contributed by atoms with Gasteiger partial charge in [0.15, 0.2) is 5.96 Å². The molecule has 3 N–H and O–H groups in total. The van der Waals surface area contributed by atoms with Crippen LogP contribution in [0.1, 0.15) is 41.3 Å². The van der Waals surface area contributed by atoms with E-state index in [-0.39, 0.29) is 35.9 Å². The number of carbonyl (C=O) groups excluding carboxylic acids is 1. The van der Waals surface area contributed by atoms with Crippen LogP contribution in [0, 0.1) is 11.3 Å². The van der Waals surface area contributed by atoms with Crippen LogP contribution in [0.3, 0.4) is 0 Å². The highest BCUT2D eigenvalue weighted by Crippen LogP contribution is 2.23. The Labute approximate surface area is 213 Å². The van der Waals surface area contributed by atoms with E-state index in [4.69, 9.17) is 4.99 Å². The highest BCUT2D eigenvalue weighted by molar-refractivity contribution is 14.0. The molecule has 1 atom stereocenters. The number of piperidine rings is 1. The number of para-hydroxylation sites is 1. The predicted molar refractivity (Wildman–Crippen MR) is 144 cm³/mol. The minimum atomic E-state index is -0.0785. The fourth-order valence-electron chi connectivity index (χ4n) is 3.98. The molecule has 0 aliphatic carbocycles. The van der Waals surface area contributed by atoms with Crippen LogP contribution in [0.25, 0.3) is 0 Å².